The van der Waals surface area contributed by atoms with Gasteiger partial charge in [0, 0.05) is 17.2 Å². The number of para-hydroxylation sites is 1. The van der Waals surface area contributed by atoms with Crippen LogP contribution in [-0.4, -0.2) is 34.3 Å². The number of carbonyl (C=O) groups excluding carboxylic acids is 1. The maximum absolute atomic E-state index is 12.8. The molecule has 0 spiro atoms. The Morgan fingerprint density at radius 1 is 1.22 bits per heavy atom. The number of aromatic amines is 1. The van der Waals surface area contributed by atoms with E-state index in [1.54, 1.807) is 38.1 Å². The molecule has 3 aromatic rings. The lowest BCUT2D eigenvalue weighted by molar-refractivity contribution is -0.0533. The molecule has 1 amide bonds. The lowest BCUT2D eigenvalue weighted by Gasteiger charge is -2.18. The van der Waals surface area contributed by atoms with Crippen LogP contribution in [-0.2, 0) is 4.74 Å². The number of rotatable bonds is 9. The number of alkyl halides is 2. The van der Waals surface area contributed by atoms with E-state index in [1.165, 1.54) is 6.07 Å². The van der Waals surface area contributed by atoms with Crippen molar-refractivity contribution in [3.8, 4) is 5.88 Å². The van der Waals surface area contributed by atoms with E-state index in [1.807, 2.05) is 6.07 Å². The third-order valence-corrected chi connectivity index (χ3v) is 5.97. The van der Waals surface area contributed by atoms with Crippen LogP contribution in [0.1, 0.15) is 35.7 Å². The summed E-state index contributed by atoms with van der Waals surface area (Å²) in [5.41, 5.74) is 1.50. The van der Waals surface area contributed by atoms with Crippen molar-refractivity contribution >= 4 is 34.9 Å². The van der Waals surface area contributed by atoms with Gasteiger partial charge in [-0.05, 0) is 50.8 Å². The van der Waals surface area contributed by atoms with Gasteiger partial charge in [0.2, 0.25) is 5.88 Å². The number of nitrogens with zero attached hydrogens (tertiary/aromatic N) is 2. The van der Waals surface area contributed by atoms with Crippen LogP contribution in [0.2, 0.25) is 5.15 Å². The van der Waals surface area contributed by atoms with Crippen LogP contribution in [0, 0.1) is 19.8 Å². The Kier molecular flexibility index (Phi) is 7.68. The van der Waals surface area contributed by atoms with Crippen molar-refractivity contribution < 1.29 is 23.0 Å². The number of pyridine rings is 1. The van der Waals surface area contributed by atoms with Gasteiger partial charge in [0.15, 0.2) is 11.0 Å². The Bertz CT molecular complexity index is 1300. The summed E-state index contributed by atoms with van der Waals surface area (Å²) in [6.07, 6.45) is 1.20. The third-order valence-electron chi connectivity index (χ3n) is 5.68. The molecule has 0 aliphatic heterocycles. The maximum atomic E-state index is 12.8. The number of anilines is 3. The van der Waals surface area contributed by atoms with E-state index in [9.17, 15) is 18.4 Å². The minimum absolute atomic E-state index is 0.0151. The number of carbonyl (C=O) groups is 1. The molecule has 12 heteroatoms. The molecule has 9 nitrogen and oxygen atoms in total. The average molecular weight is 520 g/mol. The quantitative estimate of drug-likeness (QED) is 0.340. The van der Waals surface area contributed by atoms with Gasteiger partial charge in [0.05, 0.1) is 17.1 Å². The molecule has 1 aliphatic rings. The number of ether oxygens (including phenoxy) is 2. The third kappa shape index (κ3) is 6.28. The molecule has 1 saturated carbocycles. The molecule has 0 unspecified atom stereocenters. The molecular formula is C24H24ClF2N5O4. The first kappa shape index (κ1) is 25.4. The molecule has 4 rings (SSSR count). The van der Waals surface area contributed by atoms with Crippen molar-refractivity contribution in [2.24, 2.45) is 5.92 Å². The van der Waals surface area contributed by atoms with Crippen LogP contribution in [0.4, 0.5) is 30.8 Å². The van der Waals surface area contributed by atoms with Gasteiger partial charge in [-0.3, -0.25) is 10.1 Å². The molecule has 3 N–H and O–H groups in total. The summed E-state index contributed by atoms with van der Waals surface area (Å²) in [7, 11) is 0. The summed E-state index contributed by atoms with van der Waals surface area (Å²) in [5, 5.41) is 5.55. The Hall–Kier alpha value is -3.73. The highest BCUT2D eigenvalue weighted by Gasteiger charge is 2.36. The molecule has 0 bridgehead atoms. The van der Waals surface area contributed by atoms with Crippen molar-refractivity contribution in [3.63, 3.8) is 0 Å². The lowest BCUT2D eigenvalue weighted by atomic mass is 10.0. The summed E-state index contributed by atoms with van der Waals surface area (Å²) >= 11 is 6.44. The van der Waals surface area contributed by atoms with Crippen LogP contribution in [0.25, 0.3) is 0 Å². The monoisotopic (exact) mass is 519 g/mol. The molecular weight excluding hydrogens is 496 g/mol. The first-order chi connectivity index (χ1) is 17.2. The average Bonchev–Trinajstić information content (AvgIpc) is 3.66. The van der Waals surface area contributed by atoms with Crippen LogP contribution >= 0.6 is 11.6 Å². The van der Waals surface area contributed by atoms with Gasteiger partial charge >= 0.3 is 12.7 Å². The fourth-order valence-electron chi connectivity index (χ4n) is 3.71. The molecule has 1 fully saturated rings. The predicted molar refractivity (Wildman–Crippen MR) is 130 cm³/mol. The van der Waals surface area contributed by atoms with Crippen molar-refractivity contribution in [1.82, 2.24) is 15.0 Å². The number of amides is 1. The maximum Gasteiger partial charge on any atom is 0.411 e. The smallest absolute Gasteiger partial charge is 0.411 e. The highest BCUT2D eigenvalue weighted by molar-refractivity contribution is 6.30. The van der Waals surface area contributed by atoms with Gasteiger partial charge < -0.3 is 19.8 Å². The molecule has 36 heavy (non-hydrogen) atoms. The summed E-state index contributed by atoms with van der Waals surface area (Å²) in [6, 6.07) is 10.4. The highest BCUT2D eigenvalue weighted by Crippen LogP contribution is 2.43. The molecule has 0 saturated heterocycles. The Morgan fingerprint density at radius 2 is 1.94 bits per heavy atom. The molecule has 1 aromatic carbocycles. The highest BCUT2D eigenvalue weighted by atomic mass is 35.5. The van der Waals surface area contributed by atoms with Gasteiger partial charge in [0.1, 0.15) is 6.61 Å². The number of halogens is 3. The van der Waals surface area contributed by atoms with Crippen molar-refractivity contribution in [2.45, 2.75) is 39.2 Å². The molecule has 190 valence electrons. The molecule has 2 aromatic heterocycles. The van der Waals surface area contributed by atoms with Crippen LogP contribution in [0.3, 0.4) is 0 Å². The normalized spacial score (nSPS) is 13.8. The van der Waals surface area contributed by atoms with Gasteiger partial charge in [-0.25, -0.2) is 14.8 Å². The van der Waals surface area contributed by atoms with Crippen molar-refractivity contribution in [2.75, 3.05) is 17.2 Å². The SMILES string of the molecule is Cc1cc(Nc2nc(Cl)c([C@@H](COC(=O)Nc3ccccc3)C3CC3)[nH]c2=O)c(C)nc1OC(F)F. The molecule has 1 aliphatic carbocycles. The van der Waals surface area contributed by atoms with Crippen molar-refractivity contribution in [1.29, 1.82) is 0 Å². The van der Waals surface area contributed by atoms with E-state index in [0.717, 1.165) is 12.8 Å². The summed E-state index contributed by atoms with van der Waals surface area (Å²) < 4.78 is 34.9. The van der Waals surface area contributed by atoms with E-state index in [2.05, 4.69) is 30.3 Å². The van der Waals surface area contributed by atoms with Crippen molar-refractivity contribution in [3.05, 3.63) is 68.9 Å². The number of hydrogen-bond donors (Lipinski definition) is 3. The van der Waals surface area contributed by atoms with Gasteiger partial charge in [-0.15, -0.1) is 0 Å². The summed E-state index contributed by atoms with van der Waals surface area (Å²) in [5.74, 6) is -0.427. The van der Waals surface area contributed by atoms with Gasteiger partial charge in [0.25, 0.3) is 5.56 Å². The molecule has 2 heterocycles. The summed E-state index contributed by atoms with van der Waals surface area (Å²) in [4.78, 5) is 36.0. The number of benzene rings is 1. The fraction of sp³-hybridized carbons (Fsp3) is 0.333. The number of aryl methyl sites for hydroxylation is 2. The predicted octanol–water partition coefficient (Wildman–Crippen LogP) is 5.52. The number of aromatic nitrogens is 3. The molecule has 0 radical (unpaired) electrons. The largest absolute Gasteiger partial charge is 0.449 e. The zero-order chi connectivity index (χ0) is 25.8. The zero-order valence-corrected chi connectivity index (χ0v) is 20.2. The Morgan fingerprint density at radius 3 is 2.61 bits per heavy atom. The standard InChI is InChI=1S/C24H24ClF2N5O4/c1-12-10-17(13(2)28-22(12)36-23(26)27)30-20-21(33)31-18(19(25)32-20)16(14-8-9-14)11-35-24(34)29-15-6-4-3-5-7-15/h3-7,10,14,16,23H,8-9,11H2,1-2H3,(H,29,34)(H,30,32)(H,31,33)/t16-/m0/s1. The Labute approximate surface area is 210 Å². The number of H-pyrrole nitrogens is 1. The van der Waals surface area contributed by atoms with E-state index in [0.29, 0.717) is 28.3 Å². The fourth-order valence-corrected chi connectivity index (χ4v) is 3.98. The van der Waals surface area contributed by atoms with Gasteiger partial charge in [-0.2, -0.15) is 8.78 Å². The molecule has 1 atom stereocenters. The van der Waals surface area contributed by atoms with E-state index in [4.69, 9.17) is 16.3 Å². The second-order valence-electron chi connectivity index (χ2n) is 8.40. The van der Waals surface area contributed by atoms with Crippen LogP contribution in [0.5, 0.6) is 5.88 Å². The van der Waals surface area contributed by atoms with Crippen LogP contribution in [0.15, 0.2) is 41.2 Å². The van der Waals surface area contributed by atoms with E-state index >= 15 is 0 Å². The minimum atomic E-state index is -3.00. The lowest BCUT2D eigenvalue weighted by Crippen LogP contribution is -2.23. The van der Waals surface area contributed by atoms with Gasteiger partial charge in [-0.1, -0.05) is 29.8 Å². The minimum Gasteiger partial charge on any atom is -0.449 e. The summed E-state index contributed by atoms with van der Waals surface area (Å²) in [6.45, 7) is 0.141. The second kappa shape index (κ2) is 10.9. The zero-order valence-electron chi connectivity index (χ0n) is 19.5. The first-order valence-electron chi connectivity index (χ1n) is 11.2. The van der Waals surface area contributed by atoms with Crippen LogP contribution < -0.4 is 20.9 Å². The Balaban J connectivity index is 1.49. The first-order valence-corrected chi connectivity index (χ1v) is 11.6. The van der Waals surface area contributed by atoms with E-state index in [-0.39, 0.29) is 35.3 Å². The topological polar surface area (TPSA) is 118 Å². The number of hydrogen-bond acceptors (Lipinski definition) is 7. The second-order valence-corrected chi connectivity index (χ2v) is 8.76. The number of nitrogens with one attached hydrogen (secondary N) is 3. The van der Waals surface area contributed by atoms with E-state index < -0.39 is 18.3 Å².